The molecular formula is C20H23FN6O3. The van der Waals surface area contributed by atoms with Gasteiger partial charge in [0.25, 0.3) is 0 Å². The fourth-order valence-electron chi connectivity index (χ4n) is 3.43. The second-order valence-electron chi connectivity index (χ2n) is 7.13. The van der Waals surface area contributed by atoms with Crippen molar-refractivity contribution in [2.45, 2.75) is 19.1 Å². The van der Waals surface area contributed by atoms with E-state index >= 15 is 0 Å². The second kappa shape index (κ2) is 8.64. The number of anilines is 2. The Balaban J connectivity index is 1.46. The molecule has 2 atom stereocenters. The van der Waals surface area contributed by atoms with Gasteiger partial charge in [-0.25, -0.2) is 14.2 Å². The topological polar surface area (TPSA) is 115 Å². The van der Waals surface area contributed by atoms with Gasteiger partial charge in [0.05, 0.1) is 36.3 Å². The van der Waals surface area contributed by atoms with Crippen LogP contribution in [0.4, 0.5) is 20.8 Å². The van der Waals surface area contributed by atoms with Crippen LogP contribution in [0.25, 0.3) is 10.9 Å². The Hall–Kier alpha value is -3.24. The van der Waals surface area contributed by atoms with E-state index in [-0.39, 0.29) is 5.82 Å². The standard InChI is InChI=1S/C20H23FN6O3/c1-12(28)18(13-2-4-14(21)5-3-13)24-20(29)23-17-10-16-15(11-22-17)19(26-25-16)27-6-8-30-9-7-27/h2-5,10-12,18,28H,6-9H2,1H3,(H,25,26)(H2,22,23,24,29)/t12-,18-/m1/s1. The van der Waals surface area contributed by atoms with Crippen molar-refractivity contribution in [3.63, 3.8) is 0 Å². The molecule has 1 aliphatic rings. The summed E-state index contributed by atoms with van der Waals surface area (Å²) in [4.78, 5) is 18.9. The number of hydrogen-bond donors (Lipinski definition) is 4. The molecule has 3 heterocycles. The van der Waals surface area contributed by atoms with Gasteiger partial charge in [-0.15, -0.1) is 0 Å². The lowest BCUT2D eigenvalue weighted by Gasteiger charge is -2.26. The number of urea groups is 1. The number of nitrogens with zero attached hydrogens (tertiary/aromatic N) is 3. The van der Waals surface area contributed by atoms with E-state index in [2.05, 4.69) is 30.7 Å². The Labute approximate surface area is 172 Å². The zero-order valence-electron chi connectivity index (χ0n) is 16.4. The van der Waals surface area contributed by atoms with Crippen molar-refractivity contribution in [1.29, 1.82) is 0 Å². The molecule has 0 bridgehead atoms. The van der Waals surface area contributed by atoms with Gasteiger partial charge in [-0.1, -0.05) is 12.1 Å². The van der Waals surface area contributed by atoms with Crippen molar-refractivity contribution < 1.29 is 19.0 Å². The summed E-state index contributed by atoms with van der Waals surface area (Å²) in [5.41, 5.74) is 1.33. The minimum absolute atomic E-state index is 0.334. The number of carbonyl (C=O) groups excluding carboxylic acids is 1. The maximum absolute atomic E-state index is 13.2. The summed E-state index contributed by atoms with van der Waals surface area (Å²) in [6.45, 7) is 4.37. The average molecular weight is 414 g/mol. The van der Waals surface area contributed by atoms with Gasteiger partial charge < -0.3 is 20.1 Å². The van der Waals surface area contributed by atoms with Crippen LogP contribution in [0.2, 0.25) is 0 Å². The summed E-state index contributed by atoms with van der Waals surface area (Å²) in [5, 5.41) is 23.6. The van der Waals surface area contributed by atoms with Crippen molar-refractivity contribution in [3.05, 3.63) is 47.9 Å². The molecule has 0 saturated carbocycles. The highest BCUT2D eigenvalue weighted by molar-refractivity contribution is 5.94. The SMILES string of the molecule is C[C@@H](O)[C@@H](NC(=O)Nc1cc2[nH]nc(N3CCOCC3)c2cn1)c1ccc(F)cc1. The molecule has 1 aliphatic heterocycles. The molecule has 9 nitrogen and oxygen atoms in total. The fourth-order valence-corrected chi connectivity index (χ4v) is 3.43. The molecule has 2 amide bonds. The molecule has 4 N–H and O–H groups in total. The fraction of sp³-hybridized carbons (Fsp3) is 0.350. The van der Waals surface area contributed by atoms with Gasteiger partial charge in [-0.05, 0) is 24.6 Å². The number of pyridine rings is 1. The quantitative estimate of drug-likeness (QED) is 0.509. The summed E-state index contributed by atoms with van der Waals surface area (Å²) < 4.78 is 18.5. The lowest BCUT2D eigenvalue weighted by atomic mass is 10.0. The van der Waals surface area contributed by atoms with Gasteiger partial charge in [0.2, 0.25) is 0 Å². The number of benzene rings is 1. The maximum Gasteiger partial charge on any atom is 0.320 e. The zero-order chi connectivity index (χ0) is 21.1. The van der Waals surface area contributed by atoms with Crippen LogP contribution in [0, 0.1) is 5.82 Å². The molecular weight excluding hydrogens is 391 g/mol. The van der Waals surface area contributed by atoms with Crippen LogP contribution >= 0.6 is 0 Å². The van der Waals surface area contributed by atoms with Crippen LogP contribution in [-0.4, -0.2) is 58.7 Å². The molecule has 1 fully saturated rings. The van der Waals surface area contributed by atoms with Gasteiger partial charge in [-0.2, -0.15) is 5.10 Å². The molecule has 0 spiro atoms. The summed E-state index contributed by atoms with van der Waals surface area (Å²) in [6, 6.07) is 6.07. The molecule has 158 valence electrons. The molecule has 4 rings (SSSR count). The number of aromatic nitrogens is 3. The van der Waals surface area contributed by atoms with E-state index < -0.39 is 18.2 Å². The Bertz CT molecular complexity index is 1020. The predicted molar refractivity (Wildman–Crippen MR) is 110 cm³/mol. The van der Waals surface area contributed by atoms with E-state index in [9.17, 15) is 14.3 Å². The van der Waals surface area contributed by atoms with Crippen LogP contribution in [0.1, 0.15) is 18.5 Å². The summed E-state index contributed by atoms with van der Waals surface area (Å²) in [5.74, 6) is 0.754. The number of hydrogen-bond acceptors (Lipinski definition) is 6. The number of aromatic amines is 1. The van der Waals surface area contributed by atoms with Gasteiger partial charge in [0.15, 0.2) is 5.82 Å². The van der Waals surface area contributed by atoms with Crippen molar-refractivity contribution in [2.24, 2.45) is 0 Å². The minimum Gasteiger partial charge on any atom is -0.391 e. The number of amides is 2. The molecule has 10 heteroatoms. The van der Waals surface area contributed by atoms with Crippen LogP contribution < -0.4 is 15.5 Å². The third-order valence-electron chi connectivity index (χ3n) is 4.98. The van der Waals surface area contributed by atoms with Gasteiger partial charge >= 0.3 is 6.03 Å². The number of rotatable bonds is 5. The number of halogens is 1. The van der Waals surface area contributed by atoms with Crippen molar-refractivity contribution >= 4 is 28.6 Å². The van der Waals surface area contributed by atoms with Crippen molar-refractivity contribution in [1.82, 2.24) is 20.5 Å². The maximum atomic E-state index is 13.2. The molecule has 30 heavy (non-hydrogen) atoms. The first-order valence-corrected chi connectivity index (χ1v) is 9.69. The van der Waals surface area contributed by atoms with Crippen LogP contribution in [-0.2, 0) is 4.74 Å². The number of aliphatic hydroxyl groups is 1. The number of carbonyl (C=O) groups is 1. The van der Waals surface area contributed by atoms with Crippen molar-refractivity contribution in [3.8, 4) is 0 Å². The molecule has 3 aromatic rings. The smallest absolute Gasteiger partial charge is 0.320 e. The lowest BCUT2D eigenvalue weighted by Crippen LogP contribution is -2.38. The van der Waals surface area contributed by atoms with Gasteiger partial charge in [0, 0.05) is 25.4 Å². The van der Waals surface area contributed by atoms with E-state index in [1.54, 1.807) is 19.2 Å². The Morgan fingerprint density at radius 1 is 1.30 bits per heavy atom. The summed E-state index contributed by atoms with van der Waals surface area (Å²) in [6.07, 6.45) is 0.783. The minimum atomic E-state index is -0.875. The normalized spacial score (nSPS) is 16.3. The number of fused-ring (bicyclic) bond motifs is 1. The highest BCUT2D eigenvalue weighted by Gasteiger charge is 2.21. The van der Waals surface area contributed by atoms with Crippen LogP contribution in [0.15, 0.2) is 36.5 Å². The number of morpholine rings is 1. The third-order valence-corrected chi connectivity index (χ3v) is 4.98. The van der Waals surface area contributed by atoms with E-state index in [0.29, 0.717) is 24.6 Å². The number of ether oxygens (including phenoxy) is 1. The Morgan fingerprint density at radius 2 is 2.03 bits per heavy atom. The highest BCUT2D eigenvalue weighted by atomic mass is 19.1. The summed E-state index contributed by atoms with van der Waals surface area (Å²) >= 11 is 0. The molecule has 2 aromatic heterocycles. The van der Waals surface area contributed by atoms with Crippen LogP contribution in [0.3, 0.4) is 0 Å². The first-order valence-electron chi connectivity index (χ1n) is 9.69. The van der Waals surface area contributed by atoms with E-state index in [1.165, 1.54) is 24.3 Å². The van der Waals surface area contributed by atoms with Crippen LogP contribution in [0.5, 0.6) is 0 Å². The Morgan fingerprint density at radius 3 is 2.73 bits per heavy atom. The molecule has 0 unspecified atom stereocenters. The first-order chi connectivity index (χ1) is 14.5. The molecule has 1 aromatic carbocycles. The van der Waals surface area contributed by atoms with Gasteiger partial charge in [0.1, 0.15) is 11.6 Å². The zero-order valence-corrected chi connectivity index (χ0v) is 16.4. The van der Waals surface area contributed by atoms with Crippen molar-refractivity contribution in [2.75, 3.05) is 36.5 Å². The average Bonchev–Trinajstić information content (AvgIpc) is 3.16. The predicted octanol–water partition coefficient (Wildman–Crippen LogP) is 2.18. The van der Waals surface area contributed by atoms with E-state index in [0.717, 1.165) is 29.8 Å². The lowest BCUT2D eigenvalue weighted by molar-refractivity contribution is 0.122. The molecule has 0 aliphatic carbocycles. The molecule has 1 saturated heterocycles. The Kier molecular flexibility index (Phi) is 5.77. The van der Waals surface area contributed by atoms with E-state index in [1.807, 2.05) is 0 Å². The first kappa shape index (κ1) is 20.0. The largest absolute Gasteiger partial charge is 0.391 e. The number of aliphatic hydroxyl groups excluding tert-OH is 1. The van der Waals surface area contributed by atoms with E-state index in [4.69, 9.17) is 4.74 Å². The number of H-pyrrole nitrogens is 1. The monoisotopic (exact) mass is 414 g/mol. The second-order valence-corrected chi connectivity index (χ2v) is 7.13. The summed E-state index contributed by atoms with van der Waals surface area (Å²) in [7, 11) is 0. The number of nitrogens with one attached hydrogen (secondary N) is 3. The molecule has 0 radical (unpaired) electrons. The third kappa shape index (κ3) is 4.34. The van der Waals surface area contributed by atoms with Gasteiger partial charge in [-0.3, -0.25) is 10.4 Å². The highest BCUT2D eigenvalue weighted by Crippen LogP contribution is 2.25.